The number of halogens is 6. The quantitative estimate of drug-likeness (QED) is 0.0723. The Labute approximate surface area is 332 Å². The van der Waals surface area contributed by atoms with Crippen molar-refractivity contribution < 1.29 is 64.5 Å². The molecule has 0 N–H and O–H groups in total. The van der Waals surface area contributed by atoms with E-state index in [2.05, 4.69) is 0 Å². The van der Waals surface area contributed by atoms with Crippen molar-refractivity contribution in [1.82, 2.24) is 0 Å². The lowest BCUT2D eigenvalue weighted by Gasteiger charge is -2.14. The van der Waals surface area contributed by atoms with Crippen molar-refractivity contribution in [1.29, 1.82) is 0 Å². The maximum absolute atomic E-state index is 12.8. The highest BCUT2D eigenvalue weighted by Crippen LogP contribution is 2.31. The number of benzene rings is 6. The summed E-state index contributed by atoms with van der Waals surface area (Å²) >= 11 is 0. The average Bonchev–Trinajstić information content (AvgIpc) is 3.23. The van der Waals surface area contributed by atoms with Crippen molar-refractivity contribution in [2.24, 2.45) is 0 Å². The molecule has 1 unspecified atom stereocenters. The van der Waals surface area contributed by atoms with E-state index in [9.17, 15) is 45.5 Å². The maximum atomic E-state index is 12.8. The molecule has 0 aromatic heterocycles. The number of esters is 4. The van der Waals surface area contributed by atoms with Crippen LogP contribution in [0, 0.1) is 0 Å². The van der Waals surface area contributed by atoms with Crippen molar-refractivity contribution in [3.05, 3.63) is 179 Å². The highest BCUT2D eigenvalue weighted by atomic mass is 19.4. The molecule has 0 aliphatic carbocycles. The number of rotatable bonds is 11. The van der Waals surface area contributed by atoms with Crippen LogP contribution in [0.5, 0.6) is 11.5 Å². The van der Waals surface area contributed by atoms with Gasteiger partial charge in [0.25, 0.3) is 0 Å². The molecule has 0 radical (unpaired) electrons. The van der Waals surface area contributed by atoms with Gasteiger partial charge in [-0.1, -0.05) is 48.5 Å². The van der Waals surface area contributed by atoms with Gasteiger partial charge in [-0.05, 0) is 126 Å². The third kappa shape index (κ3) is 10.8. The Kier molecular flexibility index (Phi) is 12.3. The third-order valence-corrected chi connectivity index (χ3v) is 8.69. The molecule has 300 valence electrons. The van der Waals surface area contributed by atoms with Gasteiger partial charge in [-0.15, -0.1) is 0 Å². The second-order valence-electron chi connectivity index (χ2n) is 12.9. The molecule has 8 nitrogen and oxygen atoms in total. The molecular weight excluding hydrogens is 782 g/mol. The lowest BCUT2D eigenvalue weighted by Crippen LogP contribution is -2.22. The summed E-state index contributed by atoms with van der Waals surface area (Å²) in [6, 6.07) is 33.1. The fourth-order valence-corrected chi connectivity index (χ4v) is 5.51. The van der Waals surface area contributed by atoms with Gasteiger partial charge in [-0.2, -0.15) is 26.3 Å². The Morgan fingerprint density at radius 1 is 0.424 bits per heavy atom. The SMILES string of the molecule is CC(COC(=O)c1ccc(-c2ccc(OC(=O)c3ccc(C(F)(F)F)cc3)cc2)cc1)OC(=O)c1ccc(-c2ccc(OC(=O)c3ccc(C(F)(F)F)cc3)cc2)cc1. The lowest BCUT2D eigenvalue weighted by molar-refractivity contribution is -0.138. The van der Waals surface area contributed by atoms with Gasteiger partial charge in [0.05, 0.1) is 33.4 Å². The fourth-order valence-electron chi connectivity index (χ4n) is 5.51. The van der Waals surface area contributed by atoms with Crippen LogP contribution < -0.4 is 9.47 Å². The molecule has 0 bridgehead atoms. The van der Waals surface area contributed by atoms with Crippen LogP contribution in [-0.4, -0.2) is 36.6 Å². The summed E-state index contributed by atoms with van der Waals surface area (Å²) in [5.41, 5.74) is 1.56. The lowest BCUT2D eigenvalue weighted by atomic mass is 10.0. The number of carbonyl (C=O) groups excluding carboxylic acids is 4. The summed E-state index contributed by atoms with van der Waals surface area (Å²) in [5.74, 6) is -2.55. The summed E-state index contributed by atoms with van der Waals surface area (Å²) in [4.78, 5) is 50.2. The van der Waals surface area contributed by atoms with Gasteiger partial charge in [-0.25, -0.2) is 19.2 Å². The van der Waals surface area contributed by atoms with E-state index in [1.165, 1.54) is 24.3 Å². The summed E-state index contributed by atoms with van der Waals surface area (Å²) in [6.07, 6.45) is -9.83. The first kappa shape index (κ1) is 41.4. The minimum absolute atomic E-state index is 0.0406. The van der Waals surface area contributed by atoms with Gasteiger partial charge in [-0.3, -0.25) is 0 Å². The monoisotopic (exact) mass is 812 g/mol. The van der Waals surface area contributed by atoms with E-state index >= 15 is 0 Å². The van der Waals surface area contributed by atoms with Crippen LogP contribution in [0.2, 0.25) is 0 Å². The van der Waals surface area contributed by atoms with E-state index < -0.39 is 53.5 Å². The van der Waals surface area contributed by atoms with Crippen LogP contribution in [0.15, 0.2) is 146 Å². The van der Waals surface area contributed by atoms with Crippen LogP contribution in [0.3, 0.4) is 0 Å². The smallest absolute Gasteiger partial charge is 0.416 e. The summed E-state index contributed by atoms with van der Waals surface area (Å²) in [6.45, 7) is 1.35. The Morgan fingerprint density at radius 3 is 1.05 bits per heavy atom. The standard InChI is InChI=1S/C45H30F6O8/c1-27(57-41(53)33-8-4-29(5-9-33)31-16-24-39(25-17-31)59-43(55)35-12-20-37(21-13-35)45(49,50)51)26-56-40(52)32-6-2-28(3-7-32)30-14-22-38(23-15-30)58-42(54)34-10-18-36(19-11-34)44(46,47)48/h2-25,27H,26H2,1H3. The normalized spacial score (nSPS) is 11.9. The Bertz CT molecular complexity index is 2420. The van der Waals surface area contributed by atoms with Crippen LogP contribution in [0.25, 0.3) is 22.3 Å². The summed E-state index contributed by atoms with van der Waals surface area (Å²) in [7, 11) is 0. The number of hydrogen-bond donors (Lipinski definition) is 0. The molecule has 0 saturated heterocycles. The Balaban J connectivity index is 0.943. The van der Waals surface area contributed by atoms with E-state index in [0.29, 0.717) is 0 Å². The van der Waals surface area contributed by atoms with E-state index in [-0.39, 0.29) is 40.4 Å². The van der Waals surface area contributed by atoms with Gasteiger partial charge in [0, 0.05) is 0 Å². The molecule has 6 rings (SSSR count). The Morgan fingerprint density at radius 2 is 0.712 bits per heavy atom. The first-order valence-corrected chi connectivity index (χ1v) is 17.6. The van der Waals surface area contributed by atoms with Gasteiger partial charge < -0.3 is 18.9 Å². The van der Waals surface area contributed by atoms with Gasteiger partial charge >= 0.3 is 36.2 Å². The minimum atomic E-state index is -4.52. The topological polar surface area (TPSA) is 105 Å². The van der Waals surface area contributed by atoms with Crippen molar-refractivity contribution in [2.45, 2.75) is 25.4 Å². The van der Waals surface area contributed by atoms with Gasteiger partial charge in [0.1, 0.15) is 24.2 Å². The Hall–Kier alpha value is -7.22. The average molecular weight is 813 g/mol. The minimum Gasteiger partial charge on any atom is -0.458 e. The molecule has 0 aliphatic heterocycles. The molecule has 0 fully saturated rings. The van der Waals surface area contributed by atoms with Crippen molar-refractivity contribution >= 4 is 23.9 Å². The van der Waals surface area contributed by atoms with Crippen molar-refractivity contribution in [3.63, 3.8) is 0 Å². The van der Waals surface area contributed by atoms with E-state index in [1.807, 2.05) is 0 Å². The second kappa shape index (κ2) is 17.5. The molecule has 6 aromatic carbocycles. The van der Waals surface area contributed by atoms with Crippen molar-refractivity contribution in [2.75, 3.05) is 6.61 Å². The second-order valence-corrected chi connectivity index (χ2v) is 12.9. The fraction of sp³-hybridized carbons (Fsp3) is 0.111. The zero-order valence-electron chi connectivity index (χ0n) is 30.7. The molecule has 59 heavy (non-hydrogen) atoms. The summed E-state index contributed by atoms with van der Waals surface area (Å²) < 4.78 is 98.1. The summed E-state index contributed by atoms with van der Waals surface area (Å²) in [5, 5.41) is 0. The molecule has 0 aliphatic rings. The van der Waals surface area contributed by atoms with Gasteiger partial charge in [0.2, 0.25) is 0 Å². The molecule has 0 amide bonds. The first-order valence-electron chi connectivity index (χ1n) is 17.6. The molecule has 1 atom stereocenters. The van der Waals surface area contributed by atoms with Crippen molar-refractivity contribution in [3.8, 4) is 33.8 Å². The number of carbonyl (C=O) groups is 4. The molecule has 0 spiro atoms. The maximum Gasteiger partial charge on any atom is 0.416 e. The highest BCUT2D eigenvalue weighted by Gasteiger charge is 2.31. The van der Waals surface area contributed by atoms with E-state index in [1.54, 1.807) is 79.7 Å². The third-order valence-electron chi connectivity index (χ3n) is 8.69. The predicted molar refractivity (Wildman–Crippen MR) is 202 cm³/mol. The molecule has 0 saturated carbocycles. The first-order chi connectivity index (χ1) is 28.0. The number of alkyl halides is 6. The van der Waals surface area contributed by atoms with Gasteiger partial charge in [0.15, 0.2) is 0 Å². The highest BCUT2D eigenvalue weighted by molar-refractivity contribution is 5.93. The zero-order chi connectivity index (χ0) is 42.3. The number of hydrogen-bond acceptors (Lipinski definition) is 8. The zero-order valence-corrected chi connectivity index (χ0v) is 30.7. The molecule has 6 aromatic rings. The largest absolute Gasteiger partial charge is 0.458 e. The van der Waals surface area contributed by atoms with Crippen LogP contribution in [0.1, 0.15) is 59.5 Å². The van der Waals surface area contributed by atoms with Crippen LogP contribution >= 0.6 is 0 Å². The molecular formula is C45H30F6O8. The van der Waals surface area contributed by atoms with Crippen LogP contribution in [0.4, 0.5) is 26.3 Å². The van der Waals surface area contributed by atoms with E-state index in [4.69, 9.17) is 18.9 Å². The predicted octanol–water partition coefficient (Wildman–Crippen LogP) is 10.9. The number of ether oxygens (including phenoxy) is 4. The van der Waals surface area contributed by atoms with Crippen LogP contribution in [-0.2, 0) is 21.8 Å². The molecule has 0 heterocycles. The molecule has 14 heteroatoms. The van der Waals surface area contributed by atoms with E-state index in [0.717, 1.165) is 70.8 Å².